The third kappa shape index (κ3) is 5.90. The molecule has 0 aliphatic carbocycles. The van der Waals surface area contributed by atoms with Crippen molar-refractivity contribution < 1.29 is 14.3 Å². The van der Waals surface area contributed by atoms with Gasteiger partial charge in [0.2, 0.25) is 0 Å². The van der Waals surface area contributed by atoms with Crippen LogP contribution in [0, 0.1) is 0 Å². The van der Waals surface area contributed by atoms with Crippen molar-refractivity contribution in [1.82, 2.24) is 29.9 Å². The lowest BCUT2D eigenvalue weighted by Gasteiger charge is -2.42. The van der Waals surface area contributed by atoms with Crippen molar-refractivity contribution in [2.45, 2.75) is 95.7 Å². The number of pyridine rings is 1. The zero-order chi connectivity index (χ0) is 28.7. The number of hydrogen-bond donors (Lipinski definition) is 0. The van der Waals surface area contributed by atoms with Crippen LogP contribution in [0.4, 0.5) is 10.6 Å². The van der Waals surface area contributed by atoms with Crippen LogP contribution in [0.3, 0.4) is 0 Å². The van der Waals surface area contributed by atoms with E-state index in [-0.39, 0.29) is 30.4 Å². The van der Waals surface area contributed by atoms with Gasteiger partial charge in [0, 0.05) is 49.1 Å². The first-order valence-electron chi connectivity index (χ1n) is 14.6. The Hall–Kier alpha value is -3.24. The van der Waals surface area contributed by atoms with Gasteiger partial charge in [-0.3, -0.25) is 0 Å². The molecule has 0 N–H and O–H groups in total. The van der Waals surface area contributed by atoms with E-state index in [1.165, 1.54) is 0 Å². The Morgan fingerprint density at radius 1 is 1.05 bits per heavy atom. The predicted molar refractivity (Wildman–Crippen MR) is 157 cm³/mol. The molecule has 3 aliphatic heterocycles. The molecule has 3 aromatic rings. The van der Waals surface area contributed by atoms with Crippen LogP contribution in [0.2, 0.25) is 5.15 Å². The SMILES string of the molecule is CN(c1ccc(-c2ccc(-c3cnn(C4CCCCO4)c3)c(Cl)n2)nn1)C1C[C@H]2CC[C@@H](C1)N2C(=O)OC(C)(C)C. The number of halogens is 1. The number of hydrogen-bond acceptors (Lipinski definition) is 8. The summed E-state index contributed by atoms with van der Waals surface area (Å²) in [5.74, 6) is 0.795. The van der Waals surface area contributed by atoms with Crippen molar-refractivity contribution in [2.75, 3.05) is 18.6 Å². The number of nitrogens with zero attached hydrogens (tertiary/aromatic N) is 7. The summed E-state index contributed by atoms with van der Waals surface area (Å²) in [6, 6.07) is 8.42. The lowest BCUT2D eigenvalue weighted by Crippen LogP contribution is -2.53. The quantitative estimate of drug-likeness (QED) is 0.333. The molecule has 1 amide bonds. The van der Waals surface area contributed by atoms with E-state index in [0.29, 0.717) is 16.5 Å². The average molecular weight is 580 g/mol. The number of piperidine rings is 1. The Balaban J connectivity index is 1.11. The highest BCUT2D eigenvalue weighted by Gasteiger charge is 2.46. The van der Waals surface area contributed by atoms with Crippen LogP contribution in [0.15, 0.2) is 36.7 Å². The molecule has 0 spiro atoms. The standard InChI is InChI=1S/C30H38ClN7O3/c1-30(2,3)41-29(39)38-20-8-9-21(38)16-22(15-20)36(4)26-13-12-25(34-35-26)24-11-10-23(28(31)33-24)19-17-32-37(18-19)27-7-5-6-14-40-27/h10-13,17-18,20-22,27H,5-9,14-16H2,1-4H3/t20-,21+,22?,27?. The number of aromatic nitrogens is 5. The summed E-state index contributed by atoms with van der Waals surface area (Å²) in [4.78, 5) is 21.6. The maximum absolute atomic E-state index is 12.8. The Kier molecular flexibility index (Phi) is 7.63. The monoisotopic (exact) mass is 579 g/mol. The van der Waals surface area contributed by atoms with Crippen molar-refractivity contribution in [3.05, 3.63) is 41.8 Å². The number of rotatable bonds is 5. The lowest BCUT2D eigenvalue weighted by atomic mass is 9.96. The third-order valence-corrected chi connectivity index (χ3v) is 8.63. The maximum Gasteiger partial charge on any atom is 0.410 e. The van der Waals surface area contributed by atoms with Crippen LogP contribution in [-0.4, -0.2) is 73.3 Å². The first-order chi connectivity index (χ1) is 19.7. The van der Waals surface area contributed by atoms with Crippen LogP contribution in [0.5, 0.6) is 0 Å². The van der Waals surface area contributed by atoms with Crippen LogP contribution in [0.25, 0.3) is 22.5 Å². The van der Waals surface area contributed by atoms with Crippen molar-refractivity contribution in [3.8, 4) is 22.5 Å². The fraction of sp³-hybridized carbons (Fsp3) is 0.567. The Bertz CT molecular complexity index is 1370. The van der Waals surface area contributed by atoms with Gasteiger partial charge >= 0.3 is 6.09 Å². The molecule has 218 valence electrons. The second kappa shape index (κ2) is 11.2. The van der Waals surface area contributed by atoms with Gasteiger partial charge in [-0.25, -0.2) is 14.5 Å². The molecule has 2 unspecified atom stereocenters. The van der Waals surface area contributed by atoms with E-state index in [4.69, 9.17) is 21.1 Å². The largest absolute Gasteiger partial charge is 0.444 e. The molecule has 3 aromatic heterocycles. The van der Waals surface area contributed by atoms with Gasteiger partial charge in [-0.2, -0.15) is 5.10 Å². The van der Waals surface area contributed by atoms with E-state index >= 15 is 0 Å². The minimum Gasteiger partial charge on any atom is -0.444 e. The van der Waals surface area contributed by atoms with Gasteiger partial charge < -0.3 is 19.3 Å². The number of amides is 1. The summed E-state index contributed by atoms with van der Waals surface area (Å²) in [6.07, 6.45) is 10.5. The summed E-state index contributed by atoms with van der Waals surface area (Å²) in [7, 11) is 2.05. The van der Waals surface area contributed by atoms with E-state index in [2.05, 4.69) is 32.2 Å². The minimum atomic E-state index is -0.492. The molecular weight excluding hydrogens is 542 g/mol. The number of carbonyl (C=O) groups is 1. The van der Waals surface area contributed by atoms with Gasteiger partial charge in [0.25, 0.3) is 0 Å². The zero-order valence-corrected chi connectivity index (χ0v) is 24.9. The van der Waals surface area contributed by atoms with Crippen LogP contribution < -0.4 is 4.90 Å². The molecule has 0 radical (unpaired) electrons. The number of carbonyl (C=O) groups excluding carboxylic acids is 1. The first kappa shape index (κ1) is 27.9. The smallest absolute Gasteiger partial charge is 0.410 e. The molecule has 41 heavy (non-hydrogen) atoms. The van der Waals surface area contributed by atoms with Gasteiger partial charge in [-0.1, -0.05) is 11.6 Å². The van der Waals surface area contributed by atoms with Gasteiger partial charge in [-0.15, -0.1) is 10.2 Å². The third-order valence-electron chi connectivity index (χ3n) is 8.35. The molecule has 3 saturated heterocycles. The van der Waals surface area contributed by atoms with E-state index in [1.807, 2.05) is 60.8 Å². The molecule has 3 fully saturated rings. The van der Waals surface area contributed by atoms with Crippen LogP contribution in [-0.2, 0) is 9.47 Å². The lowest BCUT2D eigenvalue weighted by molar-refractivity contribution is -0.0394. The highest BCUT2D eigenvalue weighted by molar-refractivity contribution is 6.32. The molecule has 3 aliphatic rings. The molecule has 0 saturated carbocycles. The topological polar surface area (TPSA) is 98.5 Å². The molecule has 4 atom stereocenters. The van der Waals surface area contributed by atoms with Gasteiger partial charge in [0.05, 0.1) is 11.9 Å². The van der Waals surface area contributed by atoms with E-state index in [0.717, 1.165) is 68.5 Å². The summed E-state index contributed by atoms with van der Waals surface area (Å²) >= 11 is 6.62. The Morgan fingerprint density at radius 3 is 2.44 bits per heavy atom. The second-order valence-corrected chi connectivity index (χ2v) is 12.7. The first-order valence-corrected chi connectivity index (χ1v) is 14.9. The van der Waals surface area contributed by atoms with E-state index in [9.17, 15) is 4.79 Å². The molecule has 0 aromatic carbocycles. The number of anilines is 1. The maximum atomic E-state index is 12.8. The van der Waals surface area contributed by atoms with E-state index in [1.54, 1.807) is 6.20 Å². The van der Waals surface area contributed by atoms with Gasteiger partial charge in [0.1, 0.15) is 22.7 Å². The normalized spacial score (nSPS) is 24.4. The fourth-order valence-electron chi connectivity index (χ4n) is 6.27. The van der Waals surface area contributed by atoms with Crippen molar-refractivity contribution >= 4 is 23.5 Å². The molecule has 10 nitrogen and oxygen atoms in total. The molecule has 6 rings (SSSR count). The summed E-state index contributed by atoms with van der Waals surface area (Å²) in [5.41, 5.74) is 2.54. The Morgan fingerprint density at radius 2 is 1.80 bits per heavy atom. The molecule has 6 heterocycles. The zero-order valence-electron chi connectivity index (χ0n) is 24.2. The molecule has 11 heteroatoms. The summed E-state index contributed by atoms with van der Waals surface area (Å²) in [5, 5.41) is 13.9. The van der Waals surface area contributed by atoms with E-state index < -0.39 is 5.60 Å². The van der Waals surface area contributed by atoms with Gasteiger partial charge in [-0.05, 0) is 90.0 Å². The van der Waals surface area contributed by atoms with Crippen molar-refractivity contribution in [2.24, 2.45) is 0 Å². The average Bonchev–Trinajstić information content (AvgIpc) is 3.55. The highest BCUT2D eigenvalue weighted by atomic mass is 35.5. The van der Waals surface area contributed by atoms with Gasteiger partial charge in [0.15, 0.2) is 5.82 Å². The van der Waals surface area contributed by atoms with Crippen molar-refractivity contribution in [3.63, 3.8) is 0 Å². The van der Waals surface area contributed by atoms with Crippen LogP contribution >= 0.6 is 11.6 Å². The van der Waals surface area contributed by atoms with Crippen LogP contribution in [0.1, 0.15) is 71.9 Å². The minimum absolute atomic E-state index is 0.0249. The Labute approximate surface area is 246 Å². The summed E-state index contributed by atoms with van der Waals surface area (Å²) < 4.78 is 13.4. The predicted octanol–water partition coefficient (Wildman–Crippen LogP) is 6.12. The molecule has 2 bridgehead atoms. The molecular formula is C30H38ClN7O3. The highest BCUT2D eigenvalue weighted by Crippen LogP contribution is 2.39. The fourth-order valence-corrected chi connectivity index (χ4v) is 6.54. The second-order valence-electron chi connectivity index (χ2n) is 12.4. The number of fused-ring (bicyclic) bond motifs is 2. The number of ether oxygens (including phenoxy) is 2. The summed E-state index contributed by atoms with van der Waals surface area (Å²) in [6.45, 7) is 6.50. The van der Waals surface area contributed by atoms with Crippen molar-refractivity contribution in [1.29, 1.82) is 0 Å².